The first-order chi connectivity index (χ1) is 6.45. The van der Waals surface area contributed by atoms with Crippen LogP contribution < -0.4 is 5.73 Å². The number of benzene rings is 1. The summed E-state index contributed by atoms with van der Waals surface area (Å²) in [4.78, 5) is 0. The predicted octanol–water partition coefficient (Wildman–Crippen LogP) is 2.54. The van der Waals surface area contributed by atoms with Crippen molar-refractivity contribution in [3.05, 3.63) is 34.9 Å². The number of nitrogens with two attached hydrogens (primary N) is 1. The molecule has 0 radical (unpaired) electrons. The zero-order valence-electron chi connectivity index (χ0n) is 7.40. The fraction of sp³-hybridized carbons (Fsp3) is 0.333. The van der Waals surface area contributed by atoms with Crippen LogP contribution in [0.15, 0.2) is 12.1 Å². The van der Waals surface area contributed by atoms with E-state index in [1.54, 1.807) is 0 Å². The monoisotopic (exact) mass is 207 g/mol. The highest BCUT2D eigenvalue weighted by Gasteiger charge is 2.23. The number of alkyl halides is 2. The van der Waals surface area contributed by atoms with E-state index in [1.165, 1.54) is 13.0 Å². The van der Waals surface area contributed by atoms with Crippen LogP contribution in [0.1, 0.15) is 17.2 Å². The average Bonchev–Trinajstić information content (AvgIpc) is 2.13. The van der Waals surface area contributed by atoms with E-state index in [0.29, 0.717) is 0 Å². The van der Waals surface area contributed by atoms with Gasteiger partial charge in [0, 0.05) is 5.56 Å². The van der Waals surface area contributed by atoms with Crippen LogP contribution in [-0.2, 0) is 0 Å². The molecule has 0 saturated heterocycles. The first-order valence-electron chi connectivity index (χ1n) is 3.93. The Morgan fingerprint density at radius 3 is 2.21 bits per heavy atom. The van der Waals surface area contributed by atoms with Crippen molar-refractivity contribution in [2.75, 3.05) is 0 Å². The van der Waals surface area contributed by atoms with Gasteiger partial charge in [-0.1, -0.05) is 12.1 Å². The lowest BCUT2D eigenvalue weighted by molar-refractivity contribution is 0.114. The van der Waals surface area contributed by atoms with Gasteiger partial charge in [0.25, 0.3) is 6.43 Å². The van der Waals surface area contributed by atoms with Gasteiger partial charge >= 0.3 is 0 Å². The molecule has 1 rings (SSSR count). The van der Waals surface area contributed by atoms with Crippen LogP contribution in [0.3, 0.4) is 0 Å². The molecule has 0 aliphatic heterocycles. The summed E-state index contributed by atoms with van der Waals surface area (Å²) in [6.45, 7) is 1.34. The minimum atomic E-state index is -2.91. The molecule has 0 aliphatic rings. The molecular formula is C9H9F4N. The molecular weight excluding hydrogens is 198 g/mol. The van der Waals surface area contributed by atoms with Gasteiger partial charge in [-0.15, -0.1) is 0 Å². The van der Waals surface area contributed by atoms with E-state index >= 15 is 0 Å². The Morgan fingerprint density at radius 1 is 1.14 bits per heavy atom. The smallest absolute Gasteiger partial charge is 0.257 e. The van der Waals surface area contributed by atoms with E-state index in [2.05, 4.69) is 0 Å². The molecule has 1 nitrogen and oxygen atoms in total. The number of hydrogen-bond acceptors (Lipinski definition) is 1. The van der Waals surface area contributed by atoms with Crippen LogP contribution in [0.2, 0.25) is 0 Å². The van der Waals surface area contributed by atoms with Crippen LogP contribution in [0.25, 0.3) is 0 Å². The Labute approximate surface area is 78.5 Å². The summed E-state index contributed by atoms with van der Waals surface area (Å²) >= 11 is 0. The van der Waals surface area contributed by atoms with Crippen molar-refractivity contribution in [1.82, 2.24) is 0 Å². The van der Waals surface area contributed by atoms with Crippen LogP contribution in [0.5, 0.6) is 0 Å². The second-order valence-corrected chi connectivity index (χ2v) is 2.96. The zero-order valence-corrected chi connectivity index (χ0v) is 7.40. The van der Waals surface area contributed by atoms with Crippen molar-refractivity contribution in [3.63, 3.8) is 0 Å². The van der Waals surface area contributed by atoms with Gasteiger partial charge in [-0.2, -0.15) is 0 Å². The largest absolute Gasteiger partial charge is 0.319 e. The minimum Gasteiger partial charge on any atom is -0.319 e. The maximum absolute atomic E-state index is 13.1. The average molecular weight is 207 g/mol. The Hall–Kier alpha value is -1.10. The molecule has 0 heterocycles. The molecule has 0 aromatic heterocycles. The quantitative estimate of drug-likeness (QED) is 0.741. The van der Waals surface area contributed by atoms with Crippen molar-refractivity contribution in [1.29, 1.82) is 0 Å². The molecule has 78 valence electrons. The van der Waals surface area contributed by atoms with Crippen LogP contribution >= 0.6 is 0 Å². The van der Waals surface area contributed by atoms with Crippen molar-refractivity contribution in [2.24, 2.45) is 5.73 Å². The first kappa shape index (κ1) is 11.0. The van der Waals surface area contributed by atoms with E-state index in [4.69, 9.17) is 5.73 Å². The van der Waals surface area contributed by atoms with Crippen molar-refractivity contribution in [2.45, 2.75) is 19.4 Å². The van der Waals surface area contributed by atoms with E-state index < -0.39 is 29.7 Å². The third-order valence-corrected chi connectivity index (χ3v) is 1.94. The Morgan fingerprint density at radius 2 is 1.71 bits per heavy atom. The molecule has 2 N–H and O–H groups in total. The van der Waals surface area contributed by atoms with Gasteiger partial charge in [0.1, 0.15) is 0 Å². The topological polar surface area (TPSA) is 26.0 Å². The maximum atomic E-state index is 13.1. The van der Waals surface area contributed by atoms with Crippen LogP contribution in [0, 0.1) is 18.6 Å². The third-order valence-electron chi connectivity index (χ3n) is 1.94. The van der Waals surface area contributed by atoms with Crippen molar-refractivity contribution < 1.29 is 17.6 Å². The normalized spacial score (nSPS) is 13.4. The molecule has 5 heteroatoms. The molecule has 1 aromatic rings. The number of halogens is 4. The summed E-state index contributed by atoms with van der Waals surface area (Å²) in [5, 5.41) is 0. The SMILES string of the molecule is Cc1ccc(C(N)C(F)F)c(F)c1F. The van der Waals surface area contributed by atoms with E-state index in [1.807, 2.05) is 0 Å². The highest BCUT2D eigenvalue weighted by molar-refractivity contribution is 5.27. The van der Waals surface area contributed by atoms with Gasteiger partial charge in [0.15, 0.2) is 11.6 Å². The molecule has 0 amide bonds. The Kier molecular flexibility index (Phi) is 3.10. The molecule has 0 bridgehead atoms. The maximum Gasteiger partial charge on any atom is 0.257 e. The molecule has 1 atom stereocenters. The predicted molar refractivity (Wildman–Crippen MR) is 44.0 cm³/mol. The molecule has 1 aromatic carbocycles. The molecule has 0 aliphatic carbocycles. The number of hydrogen-bond donors (Lipinski definition) is 1. The molecule has 0 saturated carbocycles. The van der Waals surface area contributed by atoms with Crippen molar-refractivity contribution >= 4 is 0 Å². The standard InChI is InChI=1S/C9H9F4N/c1-4-2-3-5(7(11)6(4)10)8(14)9(12)13/h2-3,8-9H,14H2,1H3. The summed E-state index contributed by atoms with van der Waals surface area (Å²) in [6.07, 6.45) is -2.91. The van der Waals surface area contributed by atoms with Crippen LogP contribution in [-0.4, -0.2) is 6.43 Å². The van der Waals surface area contributed by atoms with Crippen molar-refractivity contribution in [3.8, 4) is 0 Å². The summed E-state index contributed by atoms with van der Waals surface area (Å²) in [6, 6.07) is 0.505. The van der Waals surface area contributed by atoms with Gasteiger partial charge in [-0.05, 0) is 12.5 Å². The minimum absolute atomic E-state index is 0.0627. The Balaban J connectivity index is 3.17. The lowest BCUT2D eigenvalue weighted by atomic mass is 10.0. The second kappa shape index (κ2) is 3.96. The van der Waals surface area contributed by atoms with Gasteiger partial charge in [0.2, 0.25) is 0 Å². The highest BCUT2D eigenvalue weighted by atomic mass is 19.3. The molecule has 1 unspecified atom stereocenters. The lowest BCUT2D eigenvalue weighted by Crippen LogP contribution is -2.21. The molecule has 0 spiro atoms. The zero-order chi connectivity index (χ0) is 10.9. The third kappa shape index (κ3) is 1.87. The van der Waals surface area contributed by atoms with Gasteiger partial charge < -0.3 is 5.73 Å². The number of rotatable bonds is 2. The summed E-state index contributed by atoms with van der Waals surface area (Å²) in [5.74, 6) is -2.42. The highest BCUT2D eigenvalue weighted by Crippen LogP contribution is 2.24. The summed E-state index contributed by atoms with van der Waals surface area (Å²) in [7, 11) is 0. The van der Waals surface area contributed by atoms with Crippen LogP contribution in [0.4, 0.5) is 17.6 Å². The molecule has 0 fully saturated rings. The Bertz CT molecular complexity index is 338. The van der Waals surface area contributed by atoms with E-state index in [0.717, 1.165) is 6.07 Å². The van der Waals surface area contributed by atoms with Gasteiger partial charge in [0.05, 0.1) is 6.04 Å². The van der Waals surface area contributed by atoms with E-state index in [-0.39, 0.29) is 5.56 Å². The summed E-state index contributed by atoms with van der Waals surface area (Å²) < 4.78 is 50.2. The number of aryl methyl sites for hydroxylation is 1. The second-order valence-electron chi connectivity index (χ2n) is 2.96. The fourth-order valence-corrected chi connectivity index (χ4v) is 1.05. The lowest BCUT2D eigenvalue weighted by Gasteiger charge is -2.12. The molecule has 14 heavy (non-hydrogen) atoms. The van der Waals surface area contributed by atoms with E-state index in [9.17, 15) is 17.6 Å². The fourth-order valence-electron chi connectivity index (χ4n) is 1.05. The summed E-state index contributed by atoms with van der Waals surface area (Å²) in [5.41, 5.74) is 4.57. The van der Waals surface area contributed by atoms with Gasteiger partial charge in [-0.25, -0.2) is 17.6 Å². The first-order valence-corrected chi connectivity index (χ1v) is 3.93. The van der Waals surface area contributed by atoms with Gasteiger partial charge in [-0.3, -0.25) is 0 Å².